The second-order valence-electron chi connectivity index (χ2n) is 14.3. The lowest BCUT2D eigenvalue weighted by atomic mass is 10.0. The molecule has 0 spiro atoms. The van der Waals surface area contributed by atoms with Crippen LogP contribution in [-0.2, 0) is 19.6 Å². The van der Waals surface area contributed by atoms with Crippen LogP contribution in [0.15, 0.2) is 85.1 Å². The Morgan fingerprint density at radius 1 is 0.877 bits per heavy atom. The number of hydrogen-bond donors (Lipinski definition) is 3. The van der Waals surface area contributed by atoms with Crippen LogP contribution in [0.3, 0.4) is 0 Å². The maximum atomic E-state index is 13.3. The zero-order valence-corrected chi connectivity index (χ0v) is 32.0. The lowest BCUT2D eigenvalue weighted by Gasteiger charge is -2.36. The van der Waals surface area contributed by atoms with E-state index in [2.05, 4.69) is 42.3 Å². The number of hydrogen-bond acceptors (Lipinski definition) is 12. The highest BCUT2D eigenvalue weighted by Gasteiger charge is 2.46. The molecule has 5 heterocycles. The number of piperidine rings is 1. The Kier molecular flexibility index (Phi) is 10.3. The SMILES string of the molecule is CS(=O)(=O)Nc1cccc(-c2ccc3cnc(Nc4ccc(N5CCN(CCCCOc6cccc7c6C(=O)N(C6CCC(=O)NC6=O)C7=O)CC5)cc4)nn23)c1. The van der Waals surface area contributed by atoms with E-state index in [9.17, 15) is 27.6 Å². The molecule has 294 valence electrons. The van der Waals surface area contributed by atoms with Crippen LogP contribution in [0.4, 0.5) is 23.0 Å². The van der Waals surface area contributed by atoms with Gasteiger partial charge in [0.25, 0.3) is 11.8 Å². The van der Waals surface area contributed by atoms with Crippen molar-refractivity contribution in [3.63, 3.8) is 0 Å². The zero-order valence-electron chi connectivity index (χ0n) is 31.2. The minimum absolute atomic E-state index is 0.0650. The van der Waals surface area contributed by atoms with E-state index in [1.54, 1.807) is 47.1 Å². The molecule has 1 unspecified atom stereocenters. The summed E-state index contributed by atoms with van der Waals surface area (Å²) in [6.07, 6.45) is 4.68. The molecule has 16 nitrogen and oxygen atoms in total. The van der Waals surface area contributed by atoms with Gasteiger partial charge < -0.3 is 15.0 Å². The number of amides is 4. The highest BCUT2D eigenvalue weighted by molar-refractivity contribution is 7.92. The fourth-order valence-electron chi connectivity index (χ4n) is 7.47. The van der Waals surface area contributed by atoms with Gasteiger partial charge in [-0.3, -0.25) is 39.0 Å². The molecule has 3 aliphatic heterocycles. The Morgan fingerprint density at radius 3 is 2.44 bits per heavy atom. The highest BCUT2D eigenvalue weighted by atomic mass is 32.2. The van der Waals surface area contributed by atoms with E-state index < -0.39 is 39.7 Å². The van der Waals surface area contributed by atoms with Crippen LogP contribution < -0.4 is 25.0 Å². The molecule has 3 aliphatic rings. The standard InChI is InChI=1S/C40H41N9O7S/c1-57(54,55)45-28-7-4-6-26(24-28)32-15-14-30-25-41-40(44-49(30)32)42-27-10-12-29(13-11-27)47-21-19-46(20-22-47)18-2-3-23-56-34-9-5-8-31-36(34)39(53)48(38(31)52)33-16-17-35(50)43-37(33)51/h4-15,24-25,33,45H,2-3,16-23H2,1H3,(H,42,44)(H,43,50,51). The number of nitrogens with zero attached hydrogens (tertiary/aromatic N) is 6. The molecule has 3 N–H and O–H groups in total. The number of imide groups is 2. The molecule has 1 atom stereocenters. The summed E-state index contributed by atoms with van der Waals surface area (Å²) in [7, 11) is -3.41. The molecule has 57 heavy (non-hydrogen) atoms. The first-order valence-corrected chi connectivity index (χ1v) is 20.6. The number of fused-ring (bicyclic) bond motifs is 2. The maximum absolute atomic E-state index is 13.3. The largest absolute Gasteiger partial charge is 0.493 e. The van der Waals surface area contributed by atoms with Gasteiger partial charge in [0.05, 0.1) is 41.4 Å². The van der Waals surface area contributed by atoms with Crippen molar-refractivity contribution in [2.24, 2.45) is 0 Å². The van der Waals surface area contributed by atoms with Crippen LogP contribution in [0.2, 0.25) is 0 Å². The quantitative estimate of drug-likeness (QED) is 0.116. The van der Waals surface area contributed by atoms with E-state index in [-0.39, 0.29) is 24.0 Å². The third-order valence-electron chi connectivity index (χ3n) is 10.3. The van der Waals surface area contributed by atoms with Gasteiger partial charge in [0.2, 0.25) is 27.8 Å². The zero-order chi connectivity index (χ0) is 39.7. The fourth-order valence-corrected chi connectivity index (χ4v) is 8.03. The molecule has 17 heteroatoms. The number of benzene rings is 3. The van der Waals surface area contributed by atoms with Gasteiger partial charge in [-0.25, -0.2) is 17.9 Å². The molecule has 5 aromatic rings. The van der Waals surface area contributed by atoms with Gasteiger partial charge in [0, 0.05) is 55.2 Å². The smallest absolute Gasteiger partial charge is 0.266 e. The van der Waals surface area contributed by atoms with Crippen molar-refractivity contribution in [3.8, 4) is 17.0 Å². The Balaban J connectivity index is 0.797. The summed E-state index contributed by atoms with van der Waals surface area (Å²) < 4.78 is 33.8. The molecule has 0 bridgehead atoms. The number of unbranched alkanes of at least 4 members (excludes halogenated alkanes) is 1. The summed E-state index contributed by atoms with van der Waals surface area (Å²) in [6.45, 7) is 4.89. The molecule has 8 rings (SSSR count). The normalized spacial score (nSPS) is 17.5. The number of ether oxygens (including phenoxy) is 1. The summed E-state index contributed by atoms with van der Waals surface area (Å²) >= 11 is 0. The average Bonchev–Trinajstić information content (AvgIpc) is 3.72. The van der Waals surface area contributed by atoms with Crippen LogP contribution in [0.25, 0.3) is 16.8 Å². The van der Waals surface area contributed by atoms with Crippen LogP contribution >= 0.6 is 0 Å². The second kappa shape index (κ2) is 15.7. The molecule has 0 aliphatic carbocycles. The topological polar surface area (TPSA) is 188 Å². The summed E-state index contributed by atoms with van der Waals surface area (Å²) in [5.41, 5.74) is 5.21. The van der Waals surface area contributed by atoms with Gasteiger partial charge in [-0.1, -0.05) is 18.2 Å². The number of nitrogens with one attached hydrogen (secondary N) is 3. The third kappa shape index (κ3) is 8.15. The van der Waals surface area contributed by atoms with Gasteiger partial charge in [-0.05, 0) is 86.5 Å². The number of sulfonamides is 1. The first-order chi connectivity index (χ1) is 27.5. The summed E-state index contributed by atoms with van der Waals surface area (Å²) in [5.74, 6) is -1.44. The van der Waals surface area contributed by atoms with Crippen molar-refractivity contribution in [1.82, 2.24) is 29.7 Å². The number of anilines is 4. The van der Waals surface area contributed by atoms with Crippen molar-refractivity contribution in [2.75, 3.05) is 60.5 Å². The Morgan fingerprint density at radius 2 is 1.67 bits per heavy atom. The Labute approximate surface area is 328 Å². The molecular weight excluding hydrogens is 751 g/mol. The van der Waals surface area contributed by atoms with Gasteiger partial charge in [0.15, 0.2) is 0 Å². The van der Waals surface area contributed by atoms with Gasteiger partial charge >= 0.3 is 0 Å². The molecule has 2 fully saturated rings. The summed E-state index contributed by atoms with van der Waals surface area (Å²) in [6, 6.07) is 23.0. The van der Waals surface area contributed by atoms with E-state index in [1.165, 1.54) is 0 Å². The number of piperazine rings is 1. The van der Waals surface area contributed by atoms with Crippen molar-refractivity contribution in [3.05, 3.63) is 96.2 Å². The first-order valence-electron chi connectivity index (χ1n) is 18.8. The first kappa shape index (κ1) is 37.6. The lowest BCUT2D eigenvalue weighted by molar-refractivity contribution is -0.136. The number of aromatic nitrogens is 3. The summed E-state index contributed by atoms with van der Waals surface area (Å²) in [4.78, 5) is 60.6. The van der Waals surface area contributed by atoms with Crippen LogP contribution in [0, 0.1) is 0 Å². The van der Waals surface area contributed by atoms with E-state index in [0.717, 1.165) is 84.9 Å². The molecule has 0 saturated carbocycles. The molecule has 3 aromatic carbocycles. The number of rotatable bonds is 13. The molecule has 2 saturated heterocycles. The van der Waals surface area contributed by atoms with Crippen LogP contribution in [0.1, 0.15) is 46.4 Å². The van der Waals surface area contributed by atoms with Gasteiger partial charge in [0.1, 0.15) is 11.8 Å². The molecular formula is C40H41N9O7S. The average molecular weight is 792 g/mol. The van der Waals surface area contributed by atoms with Crippen molar-refractivity contribution in [2.45, 2.75) is 31.7 Å². The monoisotopic (exact) mass is 791 g/mol. The fraction of sp³-hybridized carbons (Fsp3) is 0.300. The third-order valence-corrected chi connectivity index (χ3v) is 10.9. The van der Waals surface area contributed by atoms with Crippen molar-refractivity contribution < 1.29 is 32.3 Å². The minimum Gasteiger partial charge on any atom is -0.493 e. The summed E-state index contributed by atoms with van der Waals surface area (Å²) in [5, 5.41) is 10.2. The highest BCUT2D eigenvalue weighted by Crippen LogP contribution is 2.34. The molecule has 0 radical (unpaired) electrons. The number of carbonyl (C=O) groups is 4. The van der Waals surface area contributed by atoms with Gasteiger partial charge in [-0.2, -0.15) is 0 Å². The predicted octanol–water partition coefficient (Wildman–Crippen LogP) is 3.89. The van der Waals surface area contributed by atoms with E-state index in [4.69, 9.17) is 9.84 Å². The van der Waals surface area contributed by atoms with E-state index in [1.807, 2.05) is 30.3 Å². The van der Waals surface area contributed by atoms with Crippen molar-refractivity contribution in [1.29, 1.82) is 0 Å². The second-order valence-corrected chi connectivity index (χ2v) is 16.0. The van der Waals surface area contributed by atoms with E-state index in [0.29, 0.717) is 24.0 Å². The van der Waals surface area contributed by atoms with Gasteiger partial charge in [-0.15, -0.1) is 5.10 Å². The molecule has 2 aromatic heterocycles. The maximum Gasteiger partial charge on any atom is 0.266 e. The molecule has 4 amide bonds. The van der Waals surface area contributed by atoms with Crippen molar-refractivity contribution >= 4 is 62.2 Å². The minimum atomic E-state index is -3.41. The Hall–Kier alpha value is -6.33. The predicted molar refractivity (Wildman–Crippen MR) is 213 cm³/mol. The van der Waals surface area contributed by atoms with E-state index >= 15 is 0 Å². The van der Waals surface area contributed by atoms with Crippen LogP contribution in [-0.4, -0.2) is 108 Å². The lowest BCUT2D eigenvalue weighted by Crippen LogP contribution is -2.54. The van der Waals surface area contributed by atoms with Crippen LogP contribution in [0.5, 0.6) is 5.75 Å². The number of carbonyl (C=O) groups excluding carboxylic acids is 4. The Bertz CT molecular complexity index is 2480.